The number of sulfonamides is 1. The topological polar surface area (TPSA) is 89.7 Å². The summed E-state index contributed by atoms with van der Waals surface area (Å²) in [6.45, 7) is -0.321. The van der Waals surface area contributed by atoms with Gasteiger partial charge in [-0.05, 0) is 18.8 Å². The number of alkyl halides is 3. The quantitative estimate of drug-likeness (QED) is 0.796. The molecule has 0 radical (unpaired) electrons. The van der Waals surface area contributed by atoms with Gasteiger partial charge in [-0.3, -0.25) is 4.79 Å². The zero-order valence-corrected chi connectivity index (χ0v) is 12.7. The fraction of sp³-hybridized carbons (Fsp3) is 0.917. The fourth-order valence-electron chi connectivity index (χ4n) is 2.93. The van der Waals surface area contributed by atoms with Crippen molar-refractivity contribution in [2.45, 2.75) is 19.0 Å². The number of carbonyl (C=O) groups is 1. The molecule has 2 aliphatic rings. The van der Waals surface area contributed by atoms with Crippen molar-refractivity contribution in [3.05, 3.63) is 0 Å². The molecule has 2 rings (SSSR count). The average molecular weight is 344 g/mol. The maximum atomic E-state index is 12.9. The van der Waals surface area contributed by atoms with E-state index < -0.39 is 47.0 Å². The number of hydrogen-bond donors (Lipinski definition) is 1. The molecule has 0 aromatic rings. The first-order valence-corrected chi connectivity index (χ1v) is 8.64. The van der Waals surface area contributed by atoms with Gasteiger partial charge in [0.1, 0.15) is 0 Å². The van der Waals surface area contributed by atoms with E-state index in [9.17, 15) is 26.4 Å². The second-order valence-corrected chi connectivity index (χ2v) is 7.82. The molecule has 2 aliphatic heterocycles. The maximum absolute atomic E-state index is 12.9. The molecule has 2 heterocycles. The standard InChI is InChI=1S/C12H19F3N2O4S/c13-12(14,15)10-6-17(5-9(10)11(16)18)22(19,20)7-8-1-3-21-4-2-8/h8-10H,1-7H2,(H2,16,18)/t9-,10-/m1/s1. The van der Waals surface area contributed by atoms with Crippen molar-refractivity contribution in [1.29, 1.82) is 0 Å². The van der Waals surface area contributed by atoms with E-state index in [1.807, 2.05) is 0 Å². The molecule has 10 heteroatoms. The Bertz CT molecular complexity index is 517. The number of amides is 1. The molecule has 2 saturated heterocycles. The normalized spacial score (nSPS) is 28.9. The summed E-state index contributed by atoms with van der Waals surface area (Å²) < 4.78 is 69.3. The van der Waals surface area contributed by atoms with Gasteiger partial charge in [-0.2, -0.15) is 13.2 Å². The Hall–Kier alpha value is -0.870. The van der Waals surface area contributed by atoms with Crippen LogP contribution in [0.1, 0.15) is 12.8 Å². The van der Waals surface area contributed by atoms with Gasteiger partial charge in [0.25, 0.3) is 0 Å². The first-order valence-electron chi connectivity index (χ1n) is 7.03. The molecule has 1 amide bonds. The molecule has 0 bridgehead atoms. The first kappa shape index (κ1) is 17.5. The van der Waals surface area contributed by atoms with Crippen LogP contribution in [-0.4, -0.2) is 56.9 Å². The van der Waals surface area contributed by atoms with Gasteiger partial charge < -0.3 is 10.5 Å². The van der Waals surface area contributed by atoms with Crippen LogP contribution in [0.4, 0.5) is 13.2 Å². The van der Waals surface area contributed by atoms with Crippen molar-refractivity contribution in [2.24, 2.45) is 23.5 Å². The smallest absolute Gasteiger partial charge is 0.381 e. The van der Waals surface area contributed by atoms with Crippen molar-refractivity contribution in [2.75, 3.05) is 32.1 Å². The summed E-state index contributed by atoms with van der Waals surface area (Å²) in [4.78, 5) is 11.2. The minimum atomic E-state index is -4.65. The SMILES string of the molecule is NC(=O)[C@@H]1CN(S(=O)(=O)CC2CCOCC2)C[C@H]1C(F)(F)F. The number of carbonyl (C=O) groups excluding carboxylic acids is 1. The first-order chi connectivity index (χ1) is 10.1. The number of halogens is 3. The average Bonchev–Trinajstić information content (AvgIpc) is 2.85. The van der Waals surface area contributed by atoms with Gasteiger partial charge in [0.15, 0.2) is 0 Å². The van der Waals surface area contributed by atoms with Crippen molar-refractivity contribution >= 4 is 15.9 Å². The van der Waals surface area contributed by atoms with E-state index in [4.69, 9.17) is 10.5 Å². The molecule has 0 unspecified atom stereocenters. The summed E-state index contributed by atoms with van der Waals surface area (Å²) >= 11 is 0. The van der Waals surface area contributed by atoms with Gasteiger partial charge in [0.05, 0.1) is 17.6 Å². The second-order valence-electron chi connectivity index (χ2n) is 5.81. The fourth-order valence-corrected chi connectivity index (χ4v) is 4.85. The molecule has 0 aromatic heterocycles. The Labute approximate surface area is 126 Å². The van der Waals surface area contributed by atoms with Gasteiger partial charge in [-0.15, -0.1) is 0 Å². The monoisotopic (exact) mass is 344 g/mol. The third kappa shape index (κ3) is 3.90. The zero-order valence-electron chi connectivity index (χ0n) is 11.9. The maximum Gasteiger partial charge on any atom is 0.393 e. The summed E-state index contributed by atoms with van der Waals surface area (Å²) in [5.74, 6) is -5.02. The predicted octanol–water partition coefficient (Wildman–Crippen LogP) is 0.338. The second kappa shape index (κ2) is 6.32. The van der Waals surface area contributed by atoms with Crippen LogP contribution < -0.4 is 5.73 Å². The van der Waals surface area contributed by atoms with Crippen molar-refractivity contribution < 1.29 is 31.1 Å². The van der Waals surface area contributed by atoms with E-state index in [-0.39, 0.29) is 11.7 Å². The molecule has 0 saturated carbocycles. The van der Waals surface area contributed by atoms with Crippen molar-refractivity contribution in [3.63, 3.8) is 0 Å². The van der Waals surface area contributed by atoms with E-state index in [1.54, 1.807) is 0 Å². The van der Waals surface area contributed by atoms with E-state index in [0.717, 1.165) is 4.31 Å². The van der Waals surface area contributed by atoms with Gasteiger partial charge >= 0.3 is 6.18 Å². The Morgan fingerprint density at radius 3 is 2.27 bits per heavy atom. The lowest BCUT2D eigenvalue weighted by molar-refractivity contribution is -0.182. The lowest BCUT2D eigenvalue weighted by Crippen LogP contribution is -2.37. The molecule has 0 spiro atoms. The number of primary amides is 1. The Balaban J connectivity index is 2.09. The van der Waals surface area contributed by atoms with Crippen LogP contribution in [0.25, 0.3) is 0 Å². The van der Waals surface area contributed by atoms with E-state index in [1.165, 1.54) is 0 Å². The molecule has 2 atom stereocenters. The Morgan fingerprint density at radius 2 is 1.82 bits per heavy atom. The molecule has 2 fully saturated rings. The minimum absolute atomic E-state index is 0.129. The minimum Gasteiger partial charge on any atom is -0.381 e. The molecular formula is C12H19F3N2O4S. The van der Waals surface area contributed by atoms with Crippen LogP contribution in [0.3, 0.4) is 0 Å². The molecule has 0 aliphatic carbocycles. The summed E-state index contributed by atoms with van der Waals surface area (Å²) in [5.41, 5.74) is 5.00. The highest BCUT2D eigenvalue weighted by Gasteiger charge is 2.54. The van der Waals surface area contributed by atoms with E-state index in [0.29, 0.717) is 26.1 Å². The van der Waals surface area contributed by atoms with Gasteiger partial charge in [0, 0.05) is 26.3 Å². The highest BCUT2D eigenvalue weighted by molar-refractivity contribution is 7.89. The summed E-state index contributed by atoms with van der Waals surface area (Å²) in [6, 6.07) is 0. The van der Waals surface area contributed by atoms with Gasteiger partial charge in [0.2, 0.25) is 15.9 Å². The number of rotatable bonds is 4. The zero-order chi connectivity index (χ0) is 16.5. The Morgan fingerprint density at radius 1 is 1.23 bits per heavy atom. The van der Waals surface area contributed by atoms with E-state index >= 15 is 0 Å². The van der Waals surface area contributed by atoms with Crippen LogP contribution in [-0.2, 0) is 19.6 Å². The van der Waals surface area contributed by atoms with Crippen LogP contribution in [0.2, 0.25) is 0 Å². The summed E-state index contributed by atoms with van der Waals surface area (Å²) in [6.07, 6.45) is -3.52. The third-order valence-corrected chi connectivity index (χ3v) is 6.23. The molecule has 22 heavy (non-hydrogen) atoms. The highest BCUT2D eigenvalue weighted by atomic mass is 32.2. The Kier molecular flexibility index (Phi) is 5.03. The molecule has 128 valence electrons. The van der Waals surface area contributed by atoms with E-state index in [2.05, 4.69) is 0 Å². The molecular weight excluding hydrogens is 325 g/mol. The van der Waals surface area contributed by atoms with Crippen molar-refractivity contribution in [1.82, 2.24) is 4.31 Å². The van der Waals surface area contributed by atoms with Gasteiger partial charge in [-0.1, -0.05) is 0 Å². The third-order valence-electron chi connectivity index (χ3n) is 4.25. The number of hydrogen-bond acceptors (Lipinski definition) is 4. The predicted molar refractivity (Wildman–Crippen MR) is 71.1 cm³/mol. The van der Waals surface area contributed by atoms with Crippen LogP contribution in [0.5, 0.6) is 0 Å². The molecule has 6 nitrogen and oxygen atoms in total. The highest BCUT2D eigenvalue weighted by Crippen LogP contribution is 2.38. The summed E-state index contributed by atoms with van der Waals surface area (Å²) in [5, 5.41) is 0. The van der Waals surface area contributed by atoms with Crippen LogP contribution in [0, 0.1) is 17.8 Å². The summed E-state index contributed by atoms with van der Waals surface area (Å²) in [7, 11) is -3.85. The van der Waals surface area contributed by atoms with Crippen LogP contribution in [0.15, 0.2) is 0 Å². The van der Waals surface area contributed by atoms with Gasteiger partial charge in [-0.25, -0.2) is 12.7 Å². The largest absolute Gasteiger partial charge is 0.393 e. The molecule has 0 aromatic carbocycles. The number of nitrogens with two attached hydrogens (primary N) is 1. The van der Waals surface area contributed by atoms with Crippen molar-refractivity contribution in [3.8, 4) is 0 Å². The number of nitrogens with zero attached hydrogens (tertiary/aromatic N) is 1. The molecule has 2 N–H and O–H groups in total. The number of ether oxygens (including phenoxy) is 1. The van der Waals surface area contributed by atoms with Crippen LogP contribution >= 0.6 is 0 Å². The lowest BCUT2D eigenvalue weighted by Gasteiger charge is -2.24. The lowest BCUT2D eigenvalue weighted by atomic mass is 9.95.